The Morgan fingerprint density at radius 2 is 1.67 bits per heavy atom. The van der Waals surface area contributed by atoms with Crippen LogP contribution in [0, 0.1) is 5.92 Å². The zero-order valence-electron chi connectivity index (χ0n) is 20.2. The van der Waals surface area contributed by atoms with E-state index in [0.717, 1.165) is 59.2 Å². The number of hydrogen-bond acceptors (Lipinski definition) is 5. The molecular weight excluding hydrogens is 450 g/mol. The molecule has 4 aromatic rings. The number of benzene rings is 3. The number of primary amides is 1. The third-order valence-corrected chi connectivity index (χ3v) is 6.85. The lowest BCUT2D eigenvalue weighted by atomic mass is 9.96. The summed E-state index contributed by atoms with van der Waals surface area (Å²) in [7, 11) is 0. The fourth-order valence-corrected chi connectivity index (χ4v) is 4.84. The number of hydrogen-bond donors (Lipinski definition) is 2. The van der Waals surface area contributed by atoms with Crippen molar-refractivity contribution in [2.75, 3.05) is 26.2 Å². The second-order valence-corrected chi connectivity index (χ2v) is 9.40. The van der Waals surface area contributed by atoms with Crippen LogP contribution in [-0.4, -0.2) is 53.2 Å². The quantitative estimate of drug-likeness (QED) is 0.387. The summed E-state index contributed by atoms with van der Waals surface area (Å²) in [5, 5.41) is 11.6. The highest BCUT2D eigenvalue weighted by Crippen LogP contribution is 2.32. The van der Waals surface area contributed by atoms with Crippen LogP contribution in [0.1, 0.15) is 12.8 Å². The van der Waals surface area contributed by atoms with E-state index < -0.39 is 6.10 Å². The number of aliphatic hydroxyl groups is 1. The van der Waals surface area contributed by atoms with E-state index in [2.05, 4.69) is 29.2 Å². The second-order valence-electron chi connectivity index (χ2n) is 9.40. The van der Waals surface area contributed by atoms with Gasteiger partial charge in [0.05, 0.1) is 11.2 Å². The molecule has 1 aliphatic rings. The third-order valence-electron chi connectivity index (χ3n) is 6.85. The van der Waals surface area contributed by atoms with E-state index >= 15 is 0 Å². The summed E-state index contributed by atoms with van der Waals surface area (Å²) in [6.45, 7) is 2.26. The summed E-state index contributed by atoms with van der Waals surface area (Å²) >= 11 is 0. The summed E-state index contributed by atoms with van der Waals surface area (Å²) in [5.74, 6) is 0.431. The van der Waals surface area contributed by atoms with Gasteiger partial charge in [-0.2, -0.15) is 0 Å². The van der Waals surface area contributed by atoms with Gasteiger partial charge < -0.3 is 20.5 Å². The highest BCUT2D eigenvalue weighted by Gasteiger charge is 2.24. The molecule has 1 unspecified atom stereocenters. The Morgan fingerprint density at radius 1 is 0.972 bits per heavy atom. The number of rotatable bonds is 8. The highest BCUT2D eigenvalue weighted by atomic mass is 16.5. The minimum Gasteiger partial charge on any atom is -0.491 e. The van der Waals surface area contributed by atoms with Crippen molar-refractivity contribution in [2.45, 2.75) is 18.9 Å². The maximum Gasteiger partial charge on any atom is 0.220 e. The van der Waals surface area contributed by atoms with Crippen molar-refractivity contribution in [3.8, 4) is 28.1 Å². The van der Waals surface area contributed by atoms with Gasteiger partial charge in [0.15, 0.2) is 0 Å². The van der Waals surface area contributed by atoms with Gasteiger partial charge >= 0.3 is 0 Å². The predicted octanol–water partition coefficient (Wildman–Crippen LogP) is 4.51. The van der Waals surface area contributed by atoms with Crippen LogP contribution in [0.3, 0.4) is 0 Å². The third kappa shape index (κ3) is 5.56. The zero-order valence-corrected chi connectivity index (χ0v) is 20.2. The smallest absolute Gasteiger partial charge is 0.220 e. The molecule has 3 aromatic carbocycles. The lowest BCUT2D eigenvalue weighted by Gasteiger charge is -2.31. The second kappa shape index (κ2) is 10.9. The number of likely N-dealkylation sites (tertiary alicyclic amines) is 1. The monoisotopic (exact) mass is 481 g/mol. The van der Waals surface area contributed by atoms with Gasteiger partial charge in [-0.15, -0.1) is 0 Å². The van der Waals surface area contributed by atoms with Crippen LogP contribution >= 0.6 is 0 Å². The fraction of sp³-hybridized carbons (Fsp3) is 0.267. The molecule has 36 heavy (non-hydrogen) atoms. The number of fused-ring (bicyclic) bond motifs is 1. The molecule has 1 amide bonds. The number of aromatic nitrogens is 1. The molecule has 1 fully saturated rings. The Kier molecular flexibility index (Phi) is 7.26. The molecule has 0 saturated carbocycles. The Bertz CT molecular complexity index is 1320. The maximum atomic E-state index is 11.3. The van der Waals surface area contributed by atoms with Gasteiger partial charge in [0.25, 0.3) is 0 Å². The van der Waals surface area contributed by atoms with E-state index in [4.69, 9.17) is 15.5 Å². The van der Waals surface area contributed by atoms with Crippen LogP contribution in [0.5, 0.6) is 5.75 Å². The van der Waals surface area contributed by atoms with Gasteiger partial charge in [0.1, 0.15) is 18.5 Å². The van der Waals surface area contributed by atoms with Crippen LogP contribution in [-0.2, 0) is 4.79 Å². The van der Waals surface area contributed by atoms with E-state index in [0.29, 0.717) is 12.3 Å². The number of β-amino-alcohol motifs (C(OH)–C–C–N with tert-alkyl or cyclic N) is 1. The number of para-hydroxylation sites is 1. The number of carbonyl (C=O) groups is 1. The van der Waals surface area contributed by atoms with E-state index in [1.807, 2.05) is 60.7 Å². The normalized spacial score (nSPS) is 15.6. The summed E-state index contributed by atoms with van der Waals surface area (Å²) < 4.78 is 5.85. The van der Waals surface area contributed by atoms with Crippen molar-refractivity contribution in [2.24, 2.45) is 11.7 Å². The van der Waals surface area contributed by atoms with Crippen molar-refractivity contribution in [3.63, 3.8) is 0 Å². The number of piperidine rings is 1. The molecule has 1 aliphatic heterocycles. The largest absolute Gasteiger partial charge is 0.491 e. The van der Waals surface area contributed by atoms with Crippen molar-refractivity contribution in [1.82, 2.24) is 9.88 Å². The molecule has 5 rings (SSSR count). The first-order valence-electron chi connectivity index (χ1n) is 12.4. The summed E-state index contributed by atoms with van der Waals surface area (Å²) in [6.07, 6.45) is 0.892. The molecule has 2 heterocycles. The minimum atomic E-state index is -0.606. The van der Waals surface area contributed by atoms with Crippen LogP contribution in [0.4, 0.5) is 0 Å². The Balaban J connectivity index is 1.24. The Labute approximate surface area is 211 Å². The number of aliphatic hydroxyl groups excluding tert-OH is 1. The molecular formula is C30H31N3O3. The summed E-state index contributed by atoms with van der Waals surface area (Å²) in [4.78, 5) is 18.4. The van der Waals surface area contributed by atoms with Crippen LogP contribution < -0.4 is 10.5 Å². The van der Waals surface area contributed by atoms with E-state index in [1.54, 1.807) is 0 Å². The van der Waals surface area contributed by atoms with Crippen LogP contribution in [0.15, 0.2) is 84.9 Å². The summed E-state index contributed by atoms with van der Waals surface area (Å²) in [6, 6.07) is 28.5. The van der Waals surface area contributed by atoms with Gasteiger partial charge in [-0.3, -0.25) is 4.79 Å². The van der Waals surface area contributed by atoms with Crippen molar-refractivity contribution in [3.05, 3.63) is 84.9 Å². The topological polar surface area (TPSA) is 88.7 Å². The fourth-order valence-electron chi connectivity index (χ4n) is 4.84. The predicted molar refractivity (Wildman–Crippen MR) is 142 cm³/mol. The first-order valence-corrected chi connectivity index (χ1v) is 12.4. The molecule has 0 bridgehead atoms. The SMILES string of the molecule is NC(=O)C1CCN(CC(O)COc2ccc(-c3cc(-c4ccccc4)c4ccccc4n3)cc2)CC1. The molecule has 1 aromatic heterocycles. The summed E-state index contributed by atoms with van der Waals surface area (Å²) in [5.41, 5.74) is 10.6. The highest BCUT2D eigenvalue weighted by molar-refractivity contribution is 5.96. The standard InChI is InChI=1S/C30H31N3O3/c31-30(35)23-14-16-33(17-15-23)19-24(34)20-36-25-12-10-22(11-13-25)29-18-27(21-6-2-1-3-7-21)26-8-4-5-9-28(26)32-29/h1-13,18,23-24,34H,14-17,19-20H2,(H2,31,35). The zero-order chi connectivity index (χ0) is 24.9. The van der Waals surface area contributed by atoms with Gasteiger partial charge in [-0.1, -0.05) is 48.5 Å². The first kappa shape index (κ1) is 24.0. The molecule has 1 atom stereocenters. The van der Waals surface area contributed by atoms with Gasteiger partial charge in [0, 0.05) is 23.4 Å². The molecule has 0 spiro atoms. The van der Waals surface area contributed by atoms with Crippen LogP contribution in [0.2, 0.25) is 0 Å². The minimum absolute atomic E-state index is 0.0472. The lowest BCUT2D eigenvalue weighted by molar-refractivity contribution is -0.123. The number of nitrogens with two attached hydrogens (primary N) is 1. The lowest BCUT2D eigenvalue weighted by Crippen LogP contribution is -2.43. The van der Waals surface area contributed by atoms with Gasteiger partial charge in [-0.05, 0) is 73.5 Å². The number of nitrogens with zero attached hydrogens (tertiary/aromatic N) is 2. The number of carbonyl (C=O) groups excluding carboxylic acids is 1. The Hall–Kier alpha value is -3.74. The van der Waals surface area contributed by atoms with E-state index in [-0.39, 0.29) is 18.4 Å². The molecule has 0 aliphatic carbocycles. The molecule has 6 nitrogen and oxygen atoms in total. The van der Waals surface area contributed by atoms with Crippen molar-refractivity contribution < 1.29 is 14.6 Å². The molecule has 184 valence electrons. The molecule has 3 N–H and O–H groups in total. The molecule has 0 radical (unpaired) electrons. The number of ether oxygens (including phenoxy) is 1. The van der Waals surface area contributed by atoms with Gasteiger partial charge in [-0.25, -0.2) is 4.98 Å². The van der Waals surface area contributed by atoms with Gasteiger partial charge in [0.2, 0.25) is 5.91 Å². The van der Waals surface area contributed by atoms with E-state index in [1.165, 1.54) is 0 Å². The van der Waals surface area contributed by atoms with Crippen molar-refractivity contribution in [1.29, 1.82) is 0 Å². The van der Waals surface area contributed by atoms with Crippen molar-refractivity contribution >= 4 is 16.8 Å². The Morgan fingerprint density at radius 3 is 2.39 bits per heavy atom. The van der Waals surface area contributed by atoms with Crippen LogP contribution in [0.25, 0.3) is 33.3 Å². The maximum absolute atomic E-state index is 11.3. The number of amides is 1. The molecule has 1 saturated heterocycles. The first-order chi connectivity index (χ1) is 17.6. The average molecular weight is 482 g/mol. The van der Waals surface area contributed by atoms with E-state index in [9.17, 15) is 9.90 Å². The average Bonchev–Trinajstić information content (AvgIpc) is 2.92. The molecule has 6 heteroatoms. The number of pyridine rings is 1.